The van der Waals surface area contributed by atoms with E-state index in [1.54, 1.807) is 35.4 Å². The predicted molar refractivity (Wildman–Crippen MR) is 154 cm³/mol. The molecule has 0 atom stereocenters. The fourth-order valence-corrected chi connectivity index (χ4v) is 6.18. The van der Waals surface area contributed by atoms with Crippen molar-refractivity contribution in [3.63, 3.8) is 0 Å². The second-order valence-corrected chi connectivity index (χ2v) is 13.1. The number of nitrogens with one attached hydrogen (secondary N) is 1. The quantitative estimate of drug-likeness (QED) is 0.524. The average Bonchev–Trinajstić information content (AvgIpc) is 2.89. The Hall–Kier alpha value is -3.51. The van der Waals surface area contributed by atoms with Gasteiger partial charge in [-0.05, 0) is 45.0 Å². The molecule has 1 saturated heterocycles. The predicted octanol–water partition coefficient (Wildman–Crippen LogP) is 5.28. The highest BCUT2D eigenvalue weighted by Crippen LogP contribution is 2.55. The number of hydrogen-bond donors (Lipinski definition) is 1. The van der Waals surface area contributed by atoms with Crippen molar-refractivity contribution < 1.29 is 19.1 Å². The molecule has 2 heterocycles. The number of carbonyl (C=O) groups is 2. The molecular formula is C30H38ClN5O4. The summed E-state index contributed by atoms with van der Waals surface area (Å²) in [6.07, 6.45) is 1.10. The Kier molecular flexibility index (Phi) is 7.97. The van der Waals surface area contributed by atoms with Crippen LogP contribution < -0.4 is 15.0 Å². The molecule has 1 saturated carbocycles. The number of pyridine rings is 1. The number of amides is 2. The highest BCUT2D eigenvalue weighted by molar-refractivity contribution is 6.31. The topological polar surface area (TPSA) is 108 Å². The number of piperazine rings is 1. The van der Waals surface area contributed by atoms with Crippen LogP contribution in [0, 0.1) is 22.2 Å². The molecule has 1 aromatic heterocycles. The molecule has 1 aromatic carbocycles. The third-order valence-electron chi connectivity index (χ3n) is 7.70. The Morgan fingerprint density at radius 3 is 2.25 bits per heavy atom. The van der Waals surface area contributed by atoms with Gasteiger partial charge in [0.1, 0.15) is 29.3 Å². The van der Waals surface area contributed by atoms with Crippen molar-refractivity contribution in [3.05, 3.63) is 52.7 Å². The minimum Gasteiger partial charge on any atom is -0.489 e. The molecule has 214 valence electrons. The first-order valence-electron chi connectivity index (χ1n) is 13.5. The van der Waals surface area contributed by atoms with E-state index in [9.17, 15) is 9.59 Å². The van der Waals surface area contributed by atoms with Gasteiger partial charge in [0.15, 0.2) is 0 Å². The van der Waals surface area contributed by atoms with Crippen LogP contribution in [0.5, 0.6) is 5.75 Å². The van der Waals surface area contributed by atoms with Gasteiger partial charge in [-0.15, -0.1) is 0 Å². The van der Waals surface area contributed by atoms with Gasteiger partial charge in [-0.3, -0.25) is 4.79 Å². The Balaban J connectivity index is 1.35. The zero-order valence-corrected chi connectivity index (χ0v) is 25.0. The number of ether oxygens (including phenoxy) is 2. The first-order valence-corrected chi connectivity index (χ1v) is 13.9. The van der Waals surface area contributed by atoms with E-state index in [0.29, 0.717) is 48.1 Å². The highest BCUT2D eigenvalue weighted by atomic mass is 35.5. The van der Waals surface area contributed by atoms with Crippen LogP contribution in [0.1, 0.15) is 64.4 Å². The summed E-state index contributed by atoms with van der Waals surface area (Å²) in [6, 6.07) is 10.6. The van der Waals surface area contributed by atoms with Crippen molar-refractivity contribution in [1.29, 1.82) is 5.26 Å². The van der Waals surface area contributed by atoms with Crippen LogP contribution in [0.3, 0.4) is 0 Å². The van der Waals surface area contributed by atoms with Gasteiger partial charge in [-0.25, -0.2) is 9.78 Å². The lowest BCUT2D eigenvalue weighted by molar-refractivity contribution is -0.164. The largest absolute Gasteiger partial charge is 0.489 e. The fourth-order valence-electron chi connectivity index (χ4n) is 5.96. The van der Waals surface area contributed by atoms with Gasteiger partial charge in [0.05, 0.1) is 16.1 Å². The number of carbonyl (C=O) groups excluding carboxylic acids is 2. The minimum absolute atomic E-state index is 0.146. The molecular weight excluding hydrogens is 530 g/mol. The van der Waals surface area contributed by atoms with Crippen LogP contribution in [-0.4, -0.2) is 65.8 Å². The monoisotopic (exact) mass is 567 g/mol. The lowest BCUT2D eigenvalue weighted by Crippen LogP contribution is -2.74. The highest BCUT2D eigenvalue weighted by Gasteiger charge is 2.64. The van der Waals surface area contributed by atoms with Crippen LogP contribution in [-0.2, 0) is 4.74 Å². The van der Waals surface area contributed by atoms with Crippen molar-refractivity contribution in [2.24, 2.45) is 10.8 Å². The van der Waals surface area contributed by atoms with E-state index < -0.39 is 5.60 Å². The summed E-state index contributed by atoms with van der Waals surface area (Å²) in [4.78, 5) is 33.9. The van der Waals surface area contributed by atoms with Crippen molar-refractivity contribution in [3.8, 4) is 11.8 Å². The van der Waals surface area contributed by atoms with E-state index in [2.05, 4.69) is 49.0 Å². The van der Waals surface area contributed by atoms with Crippen LogP contribution in [0.15, 0.2) is 36.5 Å². The number of hydrogen-bond acceptors (Lipinski definition) is 7. The summed E-state index contributed by atoms with van der Waals surface area (Å²) >= 11 is 6.19. The standard InChI is InChI=1S/C30H38ClN5O4/c1-28(2,3)40-27(38)36-14-12-35(13-15-36)23-11-9-20(18-33-23)24(37)34-25-29(4,5)26(30(25,6)7)39-21-10-8-19(17-32)22(31)16-21/h8-11,16,18,25-26H,12-15H2,1-7H3,(H,34,37). The van der Waals surface area contributed by atoms with Crippen LogP contribution in [0.4, 0.5) is 10.6 Å². The number of rotatable bonds is 5. The molecule has 4 rings (SSSR count). The number of nitriles is 1. The fraction of sp³-hybridized carbons (Fsp3) is 0.533. The number of halogens is 1. The normalized spacial score (nSPS) is 21.6. The molecule has 1 aliphatic carbocycles. The Morgan fingerprint density at radius 2 is 1.73 bits per heavy atom. The van der Waals surface area contributed by atoms with E-state index in [1.165, 1.54) is 0 Å². The van der Waals surface area contributed by atoms with Crippen LogP contribution >= 0.6 is 11.6 Å². The molecule has 0 bridgehead atoms. The summed E-state index contributed by atoms with van der Waals surface area (Å²) in [5.74, 6) is 1.16. The van der Waals surface area contributed by atoms with E-state index in [-0.39, 0.29) is 35.0 Å². The summed E-state index contributed by atoms with van der Waals surface area (Å²) in [6.45, 7) is 16.2. The third-order valence-corrected chi connectivity index (χ3v) is 8.01. The lowest BCUT2D eigenvalue weighted by Gasteiger charge is -2.63. The van der Waals surface area contributed by atoms with Gasteiger partial charge in [-0.1, -0.05) is 39.3 Å². The average molecular weight is 568 g/mol. The molecule has 0 unspecified atom stereocenters. The van der Waals surface area contributed by atoms with Gasteiger partial charge in [0.25, 0.3) is 5.91 Å². The number of anilines is 1. The number of aromatic nitrogens is 1. The zero-order chi connectivity index (χ0) is 29.5. The molecule has 0 radical (unpaired) electrons. The Morgan fingerprint density at radius 1 is 1.07 bits per heavy atom. The number of nitrogens with zero attached hydrogens (tertiary/aromatic N) is 4. The second-order valence-electron chi connectivity index (χ2n) is 12.7. The molecule has 10 heteroatoms. The minimum atomic E-state index is -0.524. The summed E-state index contributed by atoms with van der Waals surface area (Å²) in [5, 5.41) is 12.7. The maximum atomic E-state index is 13.2. The Labute approximate surface area is 241 Å². The SMILES string of the molecule is CC(C)(C)OC(=O)N1CCN(c2ccc(C(=O)NC3C(C)(C)C(Oc4ccc(C#N)c(Cl)c4)C3(C)C)cn2)CC1. The summed E-state index contributed by atoms with van der Waals surface area (Å²) in [7, 11) is 0. The molecule has 2 amide bonds. The molecule has 40 heavy (non-hydrogen) atoms. The van der Waals surface area contributed by atoms with Crippen molar-refractivity contribution in [1.82, 2.24) is 15.2 Å². The van der Waals surface area contributed by atoms with Gasteiger partial charge in [0.2, 0.25) is 0 Å². The van der Waals surface area contributed by atoms with E-state index in [0.717, 1.165) is 5.82 Å². The smallest absolute Gasteiger partial charge is 0.410 e. The van der Waals surface area contributed by atoms with E-state index in [4.69, 9.17) is 26.3 Å². The molecule has 9 nitrogen and oxygen atoms in total. The second kappa shape index (κ2) is 10.8. The molecule has 2 aromatic rings. The third kappa shape index (κ3) is 5.97. The maximum Gasteiger partial charge on any atom is 0.410 e. The van der Waals surface area contributed by atoms with Crippen molar-refractivity contribution >= 4 is 29.4 Å². The van der Waals surface area contributed by atoms with Gasteiger partial charge in [0, 0.05) is 55.3 Å². The lowest BCUT2D eigenvalue weighted by atomic mass is 9.49. The van der Waals surface area contributed by atoms with Gasteiger partial charge < -0.3 is 24.6 Å². The van der Waals surface area contributed by atoms with Crippen molar-refractivity contribution in [2.45, 2.75) is 66.2 Å². The molecule has 1 aliphatic heterocycles. The molecule has 1 N–H and O–H groups in total. The Bertz CT molecular complexity index is 1290. The van der Waals surface area contributed by atoms with Crippen LogP contribution in [0.25, 0.3) is 0 Å². The maximum absolute atomic E-state index is 13.2. The summed E-state index contributed by atoms with van der Waals surface area (Å²) < 4.78 is 11.8. The summed E-state index contributed by atoms with van der Waals surface area (Å²) in [5.41, 5.74) is -0.370. The molecule has 2 aliphatic rings. The van der Waals surface area contributed by atoms with E-state index in [1.807, 2.05) is 26.8 Å². The first kappa shape index (κ1) is 29.5. The molecule has 0 spiro atoms. The number of benzene rings is 1. The van der Waals surface area contributed by atoms with Crippen LogP contribution in [0.2, 0.25) is 5.02 Å². The van der Waals surface area contributed by atoms with Crippen molar-refractivity contribution in [2.75, 3.05) is 31.1 Å². The van der Waals surface area contributed by atoms with Gasteiger partial charge in [-0.2, -0.15) is 5.26 Å². The molecule has 2 fully saturated rings. The van der Waals surface area contributed by atoms with Gasteiger partial charge >= 0.3 is 6.09 Å². The van der Waals surface area contributed by atoms with E-state index >= 15 is 0 Å². The first-order chi connectivity index (χ1) is 18.6. The zero-order valence-electron chi connectivity index (χ0n) is 24.2.